The highest BCUT2D eigenvalue weighted by molar-refractivity contribution is 5.04. The quantitative estimate of drug-likeness (QED) is 0.642. The van der Waals surface area contributed by atoms with E-state index in [1.54, 1.807) is 6.26 Å². The standard InChI is InChI=1S/C10H16O/c1-3-6-9(4-2)10-7-5-8-11-10/h5,7-9H,3-4,6H2,1-2H3. The van der Waals surface area contributed by atoms with Crippen LogP contribution in [0.25, 0.3) is 0 Å². The lowest BCUT2D eigenvalue weighted by atomic mass is 9.98. The maximum Gasteiger partial charge on any atom is 0.106 e. The highest BCUT2D eigenvalue weighted by Crippen LogP contribution is 2.24. The molecule has 1 rings (SSSR count). The summed E-state index contributed by atoms with van der Waals surface area (Å²) in [5, 5.41) is 0. The van der Waals surface area contributed by atoms with E-state index in [1.807, 2.05) is 6.07 Å². The maximum atomic E-state index is 5.34. The molecule has 0 N–H and O–H groups in total. The summed E-state index contributed by atoms with van der Waals surface area (Å²) in [5.41, 5.74) is 0. The van der Waals surface area contributed by atoms with Crippen molar-refractivity contribution in [2.24, 2.45) is 0 Å². The van der Waals surface area contributed by atoms with Gasteiger partial charge >= 0.3 is 0 Å². The van der Waals surface area contributed by atoms with Gasteiger partial charge in [-0.2, -0.15) is 0 Å². The minimum absolute atomic E-state index is 0.634. The van der Waals surface area contributed by atoms with Gasteiger partial charge in [0.1, 0.15) is 5.76 Å². The number of hydrogen-bond acceptors (Lipinski definition) is 1. The third kappa shape index (κ3) is 2.11. The Morgan fingerprint density at radius 1 is 1.45 bits per heavy atom. The van der Waals surface area contributed by atoms with Crippen LogP contribution in [0.2, 0.25) is 0 Å². The molecule has 62 valence electrons. The van der Waals surface area contributed by atoms with Crippen LogP contribution in [0.4, 0.5) is 0 Å². The molecule has 0 spiro atoms. The molecule has 0 aliphatic heterocycles. The molecule has 0 aliphatic rings. The van der Waals surface area contributed by atoms with Gasteiger partial charge in [0.05, 0.1) is 6.26 Å². The van der Waals surface area contributed by atoms with Crippen molar-refractivity contribution >= 4 is 0 Å². The largest absolute Gasteiger partial charge is 0.469 e. The summed E-state index contributed by atoms with van der Waals surface area (Å²) >= 11 is 0. The van der Waals surface area contributed by atoms with Gasteiger partial charge in [-0.05, 0) is 25.0 Å². The van der Waals surface area contributed by atoms with Crippen molar-refractivity contribution in [3.63, 3.8) is 0 Å². The predicted octanol–water partition coefficient (Wildman–Crippen LogP) is 3.57. The third-order valence-electron chi connectivity index (χ3n) is 2.08. The molecule has 11 heavy (non-hydrogen) atoms. The van der Waals surface area contributed by atoms with Crippen LogP contribution in [-0.2, 0) is 0 Å². The summed E-state index contributed by atoms with van der Waals surface area (Å²) in [6, 6.07) is 4.04. The second kappa shape index (κ2) is 4.22. The zero-order chi connectivity index (χ0) is 8.10. The fourth-order valence-corrected chi connectivity index (χ4v) is 1.42. The number of hydrogen-bond donors (Lipinski definition) is 0. The van der Waals surface area contributed by atoms with Gasteiger partial charge in [0.15, 0.2) is 0 Å². The second-order valence-corrected chi connectivity index (χ2v) is 2.91. The van der Waals surface area contributed by atoms with Crippen molar-refractivity contribution in [1.29, 1.82) is 0 Å². The first-order chi connectivity index (χ1) is 5.38. The molecule has 1 heteroatoms. The molecule has 0 aliphatic carbocycles. The SMILES string of the molecule is CCCC(CC)c1ccco1. The summed E-state index contributed by atoms with van der Waals surface area (Å²) in [6.45, 7) is 4.43. The molecule has 0 amide bonds. The first-order valence-electron chi connectivity index (χ1n) is 4.41. The van der Waals surface area contributed by atoms with Gasteiger partial charge in [-0.25, -0.2) is 0 Å². The highest BCUT2D eigenvalue weighted by Gasteiger charge is 2.09. The average molecular weight is 152 g/mol. The smallest absolute Gasteiger partial charge is 0.106 e. The van der Waals surface area contributed by atoms with Crippen LogP contribution < -0.4 is 0 Å². The Kier molecular flexibility index (Phi) is 3.21. The van der Waals surface area contributed by atoms with Gasteiger partial charge in [0.2, 0.25) is 0 Å². The van der Waals surface area contributed by atoms with Gasteiger partial charge in [-0.3, -0.25) is 0 Å². The molecule has 1 aromatic rings. The molecular formula is C10H16O. The summed E-state index contributed by atoms with van der Waals surface area (Å²) in [4.78, 5) is 0. The first kappa shape index (κ1) is 8.38. The minimum Gasteiger partial charge on any atom is -0.469 e. The van der Waals surface area contributed by atoms with Crippen LogP contribution in [0.5, 0.6) is 0 Å². The van der Waals surface area contributed by atoms with E-state index in [4.69, 9.17) is 4.42 Å². The van der Waals surface area contributed by atoms with Crippen molar-refractivity contribution < 1.29 is 4.42 Å². The Labute approximate surface area is 68.4 Å². The lowest BCUT2D eigenvalue weighted by Gasteiger charge is -2.09. The molecular weight excluding hydrogens is 136 g/mol. The summed E-state index contributed by atoms with van der Waals surface area (Å²) in [7, 11) is 0. The lowest BCUT2D eigenvalue weighted by molar-refractivity contribution is 0.436. The normalized spacial score (nSPS) is 13.3. The molecule has 0 radical (unpaired) electrons. The minimum atomic E-state index is 0.634. The Bertz CT molecular complexity index is 177. The van der Waals surface area contributed by atoms with Crippen LogP contribution in [-0.4, -0.2) is 0 Å². The van der Waals surface area contributed by atoms with Crippen LogP contribution in [0.1, 0.15) is 44.8 Å². The Hall–Kier alpha value is -0.720. The van der Waals surface area contributed by atoms with E-state index in [9.17, 15) is 0 Å². The average Bonchev–Trinajstić information content (AvgIpc) is 2.52. The van der Waals surface area contributed by atoms with Crippen molar-refractivity contribution in [1.82, 2.24) is 0 Å². The fraction of sp³-hybridized carbons (Fsp3) is 0.600. The molecule has 1 atom stereocenters. The Balaban J connectivity index is 2.56. The summed E-state index contributed by atoms with van der Waals surface area (Å²) < 4.78 is 5.34. The van der Waals surface area contributed by atoms with Crippen LogP contribution in [0.15, 0.2) is 22.8 Å². The van der Waals surface area contributed by atoms with Crippen molar-refractivity contribution in [2.75, 3.05) is 0 Å². The molecule has 0 fully saturated rings. The lowest BCUT2D eigenvalue weighted by Crippen LogP contribution is -1.93. The van der Waals surface area contributed by atoms with Gasteiger partial charge < -0.3 is 4.42 Å². The zero-order valence-electron chi connectivity index (χ0n) is 7.34. The van der Waals surface area contributed by atoms with Gasteiger partial charge in [-0.15, -0.1) is 0 Å². The maximum absolute atomic E-state index is 5.34. The van der Waals surface area contributed by atoms with Crippen molar-refractivity contribution in [2.45, 2.75) is 39.0 Å². The third-order valence-corrected chi connectivity index (χ3v) is 2.08. The van der Waals surface area contributed by atoms with Crippen LogP contribution in [0, 0.1) is 0 Å². The Morgan fingerprint density at radius 2 is 2.27 bits per heavy atom. The van der Waals surface area contributed by atoms with E-state index in [1.165, 1.54) is 19.3 Å². The first-order valence-corrected chi connectivity index (χ1v) is 4.41. The van der Waals surface area contributed by atoms with E-state index in [-0.39, 0.29) is 0 Å². The Morgan fingerprint density at radius 3 is 2.73 bits per heavy atom. The van der Waals surface area contributed by atoms with Crippen LogP contribution in [0.3, 0.4) is 0 Å². The summed E-state index contributed by atoms with van der Waals surface area (Å²) in [6.07, 6.45) is 5.41. The van der Waals surface area contributed by atoms with Crippen molar-refractivity contribution in [3.05, 3.63) is 24.2 Å². The molecule has 1 nitrogen and oxygen atoms in total. The topological polar surface area (TPSA) is 13.1 Å². The molecule has 1 aromatic heterocycles. The van der Waals surface area contributed by atoms with Gasteiger partial charge in [0.25, 0.3) is 0 Å². The van der Waals surface area contributed by atoms with Crippen molar-refractivity contribution in [3.8, 4) is 0 Å². The highest BCUT2D eigenvalue weighted by atomic mass is 16.3. The summed E-state index contributed by atoms with van der Waals surface area (Å²) in [5.74, 6) is 1.78. The molecule has 1 unspecified atom stereocenters. The molecule has 1 heterocycles. The van der Waals surface area contributed by atoms with E-state index in [0.29, 0.717) is 5.92 Å². The van der Waals surface area contributed by atoms with E-state index in [2.05, 4.69) is 19.9 Å². The molecule has 0 saturated carbocycles. The van der Waals surface area contributed by atoms with Gasteiger partial charge in [-0.1, -0.05) is 20.3 Å². The zero-order valence-corrected chi connectivity index (χ0v) is 7.34. The van der Waals surface area contributed by atoms with E-state index >= 15 is 0 Å². The fourth-order valence-electron chi connectivity index (χ4n) is 1.42. The monoisotopic (exact) mass is 152 g/mol. The molecule has 0 saturated heterocycles. The van der Waals surface area contributed by atoms with Gasteiger partial charge in [0, 0.05) is 5.92 Å². The molecule has 0 bridgehead atoms. The number of rotatable bonds is 4. The number of furan rings is 1. The van der Waals surface area contributed by atoms with E-state index in [0.717, 1.165) is 5.76 Å². The predicted molar refractivity (Wildman–Crippen MR) is 46.6 cm³/mol. The second-order valence-electron chi connectivity index (χ2n) is 2.91. The van der Waals surface area contributed by atoms with E-state index < -0.39 is 0 Å². The van der Waals surface area contributed by atoms with Crippen LogP contribution >= 0.6 is 0 Å². The molecule has 0 aromatic carbocycles.